The van der Waals surface area contributed by atoms with Crippen molar-refractivity contribution in [2.75, 3.05) is 32.0 Å². The number of fused-ring (bicyclic) bond motifs is 1. The summed E-state index contributed by atoms with van der Waals surface area (Å²) in [6.07, 6.45) is 14.1. The van der Waals surface area contributed by atoms with Crippen LogP contribution in [0.15, 0.2) is 18.5 Å². The lowest BCUT2D eigenvalue weighted by molar-refractivity contribution is 0.111. The van der Waals surface area contributed by atoms with Crippen molar-refractivity contribution in [3.8, 4) is 5.88 Å². The highest BCUT2D eigenvalue weighted by Crippen LogP contribution is 2.25. The quantitative estimate of drug-likeness (QED) is 0.689. The van der Waals surface area contributed by atoms with Gasteiger partial charge in [-0.05, 0) is 45.2 Å². The zero-order valence-electron chi connectivity index (χ0n) is 18.5. The van der Waals surface area contributed by atoms with Crippen LogP contribution < -0.4 is 10.1 Å². The fourth-order valence-corrected chi connectivity index (χ4v) is 3.83. The summed E-state index contributed by atoms with van der Waals surface area (Å²) in [4.78, 5) is 15.7. The highest BCUT2D eigenvalue weighted by Gasteiger charge is 2.19. The van der Waals surface area contributed by atoms with Gasteiger partial charge in [-0.1, -0.05) is 32.6 Å². The molecule has 7 nitrogen and oxygen atoms in total. The van der Waals surface area contributed by atoms with E-state index in [-0.39, 0.29) is 12.2 Å². The van der Waals surface area contributed by atoms with Crippen LogP contribution in [0.1, 0.15) is 64.7 Å². The summed E-state index contributed by atoms with van der Waals surface area (Å²) in [5, 5.41) is 13.0. The summed E-state index contributed by atoms with van der Waals surface area (Å²) in [6.45, 7) is 5.20. The lowest BCUT2D eigenvalue weighted by Crippen LogP contribution is -2.35. The van der Waals surface area contributed by atoms with Gasteiger partial charge in [0.2, 0.25) is 11.8 Å². The predicted molar refractivity (Wildman–Crippen MR) is 121 cm³/mol. The fourth-order valence-electron chi connectivity index (χ4n) is 3.83. The van der Waals surface area contributed by atoms with E-state index >= 15 is 0 Å². The fraction of sp³-hybridized carbons (Fsp3) is 0.696. The van der Waals surface area contributed by atoms with Crippen molar-refractivity contribution >= 4 is 16.9 Å². The number of rotatable bonds is 6. The second-order valence-corrected chi connectivity index (χ2v) is 8.44. The van der Waals surface area contributed by atoms with Crippen LogP contribution in [-0.2, 0) is 0 Å². The Labute approximate surface area is 180 Å². The molecule has 1 aliphatic carbocycles. The van der Waals surface area contributed by atoms with E-state index in [2.05, 4.69) is 39.1 Å². The molecule has 0 bridgehead atoms. The maximum Gasteiger partial charge on any atom is 0.224 e. The van der Waals surface area contributed by atoms with Crippen molar-refractivity contribution in [1.82, 2.24) is 19.9 Å². The van der Waals surface area contributed by atoms with Crippen LogP contribution in [0.4, 0.5) is 5.95 Å². The molecule has 0 spiro atoms. The van der Waals surface area contributed by atoms with Crippen LogP contribution in [0.2, 0.25) is 0 Å². The first-order chi connectivity index (χ1) is 14.7. The molecule has 3 heterocycles. The van der Waals surface area contributed by atoms with Gasteiger partial charge in [0.1, 0.15) is 6.10 Å². The Balaban J connectivity index is 0.000000310. The molecule has 2 fully saturated rings. The second kappa shape index (κ2) is 12.0. The Kier molecular flexibility index (Phi) is 9.08. The topological polar surface area (TPSA) is 83.4 Å². The zero-order chi connectivity index (χ0) is 21.2. The van der Waals surface area contributed by atoms with E-state index < -0.39 is 0 Å². The highest BCUT2D eigenvalue weighted by atomic mass is 16.5. The van der Waals surface area contributed by atoms with Gasteiger partial charge >= 0.3 is 0 Å². The van der Waals surface area contributed by atoms with Crippen LogP contribution in [0, 0.1) is 0 Å². The third-order valence-electron chi connectivity index (χ3n) is 5.80. The molecule has 166 valence electrons. The molecule has 1 saturated carbocycles. The molecule has 0 radical (unpaired) electrons. The molecule has 0 aromatic carbocycles. The van der Waals surface area contributed by atoms with Gasteiger partial charge in [-0.3, -0.25) is 0 Å². The first-order valence-corrected chi connectivity index (χ1v) is 11.5. The highest BCUT2D eigenvalue weighted by molar-refractivity contribution is 5.83. The van der Waals surface area contributed by atoms with E-state index in [4.69, 9.17) is 9.84 Å². The van der Waals surface area contributed by atoms with E-state index in [1.54, 1.807) is 6.20 Å². The van der Waals surface area contributed by atoms with Gasteiger partial charge in [0, 0.05) is 32.0 Å². The number of hydrogen-bond acceptors (Lipinski definition) is 7. The molecular weight excluding hydrogens is 378 g/mol. The molecule has 2 aromatic rings. The van der Waals surface area contributed by atoms with Gasteiger partial charge in [-0.25, -0.2) is 15.0 Å². The molecule has 2 N–H and O–H groups in total. The van der Waals surface area contributed by atoms with Crippen molar-refractivity contribution in [3.63, 3.8) is 0 Å². The molecule has 2 aromatic heterocycles. The average molecular weight is 416 g/mol. The average Bonchev–Trinajstić information content (AvgIpc) is 2.77. The van der Waals surface area contributed by atoms with Gasteiger partial charge in [0.25, 0.3) is 0 Å². The van der Waals surface area contributed by atoms with Crippen LogP contribution in [0.3, 0.4) is 0 Å². The summed E-state index contributed by atoms with van der Waals surface area (Å²) in [7, 11) is 2.15. The molecule has 7 heteroatoms. The number of ether oxygens (including phenoxy) is 1. The maximum atomic E-state index is 8.91. The summed E-state index contributed by atoms with van der Waals surface area (Å²) in [5.74, 6) is 1.32. The van der Waals surface area contributed by atoms with Crippen molar-refractivity contribution in [3.05, 3.63) is 18.5 Å². The molecule has 1 saturated heterocycles. The van der Waals surface area contributed by atoms with Crippen molar-refractivity contribution in [2.45, 2.75) is 76.9 Å². The zero-order valence-corrected chi connectivity index (χ0v) is 18.5. The summed E-state index contributed by atoms with van der Waals surface area (Å²) in [6, 6.07) is 1.91. The number of aliphatic hydroxyl groups is 1. The number of aliphatic hydroxyl groups excluding tert-OH is 1. The van der Waals surface area contributed by atoms with Crippen LogP contribution in [-0.4, -0.2) is 63.8 Å². The molecule has 0 unspecified atom stereocenters. The van der Waals surface area contributed by atoms with Gasteiger partial charge in [0.15, 0.2) is 0 Å². The molecule has 0 atom stereocenters. The van der Waals surface area contributed by atoms with Gasteiger partial charge in [-0.2, -0.15) is 0 Å². The number of piperidine rings is 1. The van der Waals surface area contributed by atoms with Gasteiger partial charge < -0.3 is 20.1 Å². The second-order valence-electron chi connectivity index (χ2n) is 8.44. The summed E-state index contributed by atoms with van der Waals surface area (Å²) >= 11 is 0. The Morgan fingerprint density at radius 2 is 1.90 bits per heavy atom. The summed E-state index contributed by atoms with van der Waals surface area (Å²) < 4.78 is 6.12. The molecule has 2 aliphatic rings. The largest absolute Gasteiger partial charge is 0.474 e. The third kappa shape index (κ3) is 7.06. The molecular formula is C23H37N5O2. The normalized spacial score (nSPS) is 18.6. The van der Waals surface area contributed by atoms with E-state index in [1.165, 1.54) is 19.3 Å². The number of likely N-dealkylation sites (tertiary alicyclic amines) is 1. The summed E-state index contributed by atoms with van der Waals surface area (Å²) in [5.41, 5.74) is 0.872. The van der Waals surface area contributed by atoms with E-state index in [0.717, 1.165) is 69.1 Å². The van der Waals surface area contributed by atoms with E-state index in [1.807, 2.05) is 12.3 Å². The van der Waals surface area contributed by atoms with Crippen molar-refractivity contribution in [1.29, 1.82) is 0 Å². The smallest absolute Gasteiger partial charge is 0.224 e. The molecule has 1 aliphatic heterocycles. The van der Waals surface area contributed by atoms with Crippen LogP contribution in [0.25, 0.3) is 10.9 Å². The van der Waals surface area contributed by atoms with Gasteiger partial charge in [0.05, 0.1) is 17.0 Å². The molecule has 30 heavy (non-hydrogen) atoms. The van der Waals surface area contributed by atoms with Crippen LogP contribution in [0.5, 0.6) is 5.88 Å². The third-order valence-corrected chi connectivity index (χ3v) is 5.80. The number of nitrogens with one attached hydrogen (secondary N) is 1. The monoisotopic (exact) mass is 415 g/mol. The van der Waals surface area contributed by atoms with Crippen molar-refractivity contribution < 1.29 is 9.84 Å². The predicted octanol–water partition coefficient (Wildman–Crippen LogP) is 4.02. The first-order valence-electron chi connectivity index (χ1n) is 11.5. The Morgan fingerprint density at radius 1 is 1.13 bits per heavy atom. The number of unbranched alkanes of at least 4 members (excludes halogenated alkanes) is 1. The number of anilines is 1. The van der Waals surface area contributed by atoms with E-state index in [9.17, 15) is 0 Å². The first kappa shape index (κ1) is 22.7. The minimum Gasteiger partial charge on any atom is -0.474 e. The minimum atomic E-state index is 0.0359. The van der Waals surface area contributed by atoms with Gasteiger partial charge in [-0.15, -0.1) is 0 Å². The van der Waals surface area contributed by atoms with Crippen LogP contribution >= 0.6 is 0 Å². The minimum absolute atomic E-state index is 0.0359. The number of hydrogen-bond donors (Lipinski definition) is 2. The standard InChI is InChI=1S/C17H25N5O.C6H12O/c1-3-4-8-19-17-20-12-14-15(21-17)5-9-18-16(14)23-13-6-10-22(2)11-7-13;7-6-4-2-1-3-5-6/h5,9,12-13H,3-4,6-8,10-11H2,1-2H3,(H,19,20,21);6-7H,1-5H2. The lowest BCUT2D eigenvalue weighted by Gasteiger charge is -2.29. The maximum absolute atomic E-state index is 8.91. The number of pyridine rings is 1. The Bertz CT molecular complexity index is 758. The molecule has 4 rings (SSSR count). The van der Waals surface area contributed by atoms with Crippen molar-refractivity contribution in [2.24, 2.45) is 0 Å². The molecule has 0 amide bonds. The Morgan fingerprint density at radius 3 is 2.57 bits per heavy atom. The SMILES string of the molecule is CCCCNc1ncc2c(OC3CCN(C)CC3)nccc2n1.OC1CCCCC1. The Hall–Kier alpha value is -1.99. The number of nitrogens with zero attached hydrogens (tertiary/aromatic N) is 4. The lowest BCUT2D eigenvalue weighted by atomic mass is 9.98. The number of aromatic nitrogens is 3. The van der Waals surface area contributed by atoms with E-state index in [0.29, 0.717) is 11.8 Å².